The Balaban J connectivity index is 2.25. The molecule has 0 unspecified atom stereocenters. The van der Waals surface area contributed by atoms with Crippen LogP contribution in [0.25, 0.3) is 32.8 Å². The zero-order valence-electron chi connectivity index (χ0n) is 9.64. The van der Waals surface area contributed by atoms with E-state index in [0.717, 1.165) is 38.5 Å². The Morgan fingerprint density at radius 2 is 1.83 bits per heavy atom. The average molecular weight is 233 g/mol. The van der Waals surface area contributed by atoms with Gasteiger partial charge in [0.2, 0.25) is 0 Å². The molecule has 0 fully saturated rings. The van der Waals surface area contributed by atoms with E-state index in [0.29, 0.717) is 0 Å². The molecule has 4 aromatic rings. The highest BCUT2D eigenvalue weighted by molar-refractivity contribution is 6.08. The minimum atomic E-state index is 0.762. The summed E-state index contributed by atoms with van der Waals surface area (Å²) in [6.07, 6.45) is 0. The van der Waals surface area contributed by atoms with Gasteiger partial charge in [-0.25, -0.2) is 4.98 Å². The number of hydrogen-bond acceptors (Lipinski definition) is 2. The van der Waals surface area contributed by atoms with Crippen LogP contribution in [0.3, 0.4) is 0 Å². The minimum absolute atomic E-state index is 0.762. The van der Waals surface area contributed by atoms with Crippen molar-refractivity contribution >= 4 is 38.5 Å². The molecule has 0 saturated heterocycles. The zero-order valence-corrected chi connectivity index (χ0v) is 9.64. The van der Waals surface area contributed by atoms with Gasteiger partial charge in [0, 0.05) is 22.0 Å². The Hall–Kier alpha value is -2.55. The van der Waals surface area contributed by atoms with Gasteiger partial charge in [-0.1, -0.05) is 18.2 Å². The van der Waals surface area contributed by atoms with Crippen molar-refractivity contribution in [3.63, 3.8) is 0 Å². The lowest BCUT2D eigenvalue weighted by molar-refractivity contribution is 1.49. The summed E-state index contributed by atoms with van der Waals surface area (Å²) in [5, 5.41) is 2.22. The second-order valence-electron chi connectivity index (χ2n) is 4.51. The maximum Gasteiger partial charge on any atom is 0.0966 e. The Morgan fingerprint density at radius 3 is 2.78 bits per heavy atom. The second kappa shape index (κ2) is 3.23. The highest BCUT2D eigenvalue weighted by atomic mass is 14.8. The number of aromatic amines is 1. The first-order valence-electron chi connectivity index (χ1n) is 5.88. The summed E-state index contributed by atoms with van der Waals surface area (Å²) in [5.41, 5.74) is 10.7. The molecule has 0 aliphatic carbocycles. The van der Waals surface area contributed by atoms with Crippen molar-refractivity contribution in [2.24, 2.45) is 0 Å². The molecule has 0 aliphatic rings. The summed E-state index contributed by atoms with van der Waals surface area (Å²) in [6, 6.07) is 16.1. The number of H-pyrrole nitrogens is 1. The lowest BCUT2D eigenvalue weighted by atomic mass is 10.1. The zero-order chi connectivity index (χ0) is 12.1. The molecule has 0 bridgehead atoms. The van der Waals surface area contributed by atoms with Crippen LogP contribution in [0.1, 0.15) is 0 Å². The summed E-state index contributed by atoms with van der Waals surface area (Å²) in [5.74, 6) is 0. The Labute approximate surface area is 103 Å². The summed E-state index contributed by atoms with van der Waals surface area (Å²) < 4.78 is 0. The predicted octanol–water partition coefficient (Wildman–Crippen LogP) is 3.45. The summed E-state index contributed by atoms with van der Waals surface area (Å²) in [6.45, 7) is 0. The molecule has 3 N–H and O–H groups in total. The quantitative estimate of drug-likeness (QED) is 0.457. The van der Waals surface area contributed by atoms with Gasteiger partial charge in [-0.15, -0.1) is 0 Å². The van der Waals surface area contributed by atoms with Gasteiger partial charge in [-0.3, -0.25) is 0 Å². The lowest BCUT2D eigenvalue weighted by Gasteiger charge is -1.97. The van der Waals surface area contributed by atoms with Crippen LogP contribution in [0.5, 0.6) is 0 Å². The molecule has 2 aromatic carbocycles. The number of nitrogen functional groups attached to an aromatic ring is 1. The molecule has 3 heteroatoms. The van der Waals surface area contributed by atoms with Crippen LogP contribution in [0.4, 0.5) is 5.69 Å². The lowest BCUT2D eigenvalue weighted by Crippen LogP contribution is -1.83. The van der Waals surface area contributed by atoms with Gasteiger partial charge in [0.1, 0.15) is 0 Å². The Morgan fingerprint density at radius 1 is 0.944 bits per heavy atom. The van der Waals surface area contributed by atoms with Gasteiger partial charge in [0.25, 0.3) is 0 Å². The van der Waals surface area contributed by atoms with Crippen LogP contribution in [-0.2, 0) is 0 Å². The van der Waals surface area contributed by atoms with Crippen molar-refractivity contribution in [1.29, 1.82) is 0 Å². The number of nitrogens with two attached hydrogens (primary N) is 1. The molecule has 2 heterocycles. The normalized spacial score (nSPS) is 11.6. The number of aromatic nitrogens is 2. The average Bonchev–Trinajstić information content (AvgIpc) is 2.73. The molecule has 2 aromatic heterocycles. The summed E-state index contributed by atoms with van der Waals surface area (Å²) in [4.78, 5) is 8.10. The summed E-state index contributed by atoms with van der Waals surface area (Å²) in [7, 11) is 0. The van der Waals surface area contributed by atoms with E-state index in [-0.39, 0.29) is 0 Å². The molecule has 0 amide bonds. The number of pyridine rings is 1. The first-order valence-corrected chi connectivity index (χ1v) is 5.88. The van der Waals surface area contributed by atoms with Crippen LogP contribution < -0.4 is 5.73 Å². The first-order chi connectivity index (χ1) is 8.81. The van der Waals surface area contributed by atoms with Crippen LogP contribution in [-0.4, -0.2) is 9.97 Å². The van der Waals surface area contributed by atoms with Crippen molar-refractivity contribution in [3.05, 3.63) is 48.5 Å². The molecule has 4 rings (SSSR count). The number of fused-ring (bicyclic) bond motifs is 4. The molecular weight excluding hydrogens is 222 g/mol. The molecule has 0 saturated carbocycles. The van der Waals surface area contributed by atoms with E-state index >= 15 is 0 Å². The first kappa shape index (κ1) is 9.48. The third kappa shape index (κ3) is 1.21. The van der Waals surface area contributed by atoms with E-state index in [9.17, 15) is 0 Å². The van der Waals surface area contributed by atoms with Gasteiger partial charge < -0.3 is 10.7 Å². The molecule has 86 valence electrons. The third-order valence-corrected chi connectivity index (χ3v) is 3.29. The van der Waals surface area contributed by atoms with E-state index in [4.69, 9.17) is 10.7 Å². The predicted molar refractivity (Wildman–Crippen MR) is 75.5 cm³/mol. The highest BCUT2D eigenvalue weighted by Crippen LogP contribution is 2.27. The van der Waals surface area contributed by atoms with Gasteiger partial charge in [0.05, 0.1) is 16.6 Å². The highest BCUT2D eigenvalue weighted by Gasteiger charge is 2.07. The van der Waals surface area contributed by atoms with E-state index in [1.807, 2.05) is 36.4 Å². The number of rotatable bonds is 0. The summed E-state index contributed by atoms with van der Waals surface area (Å²) >= 11 is 0. The monoisotopic (exact) mass is 233 g/mol. The maximum absolute atomic E-state index is 5.85. The maximum atomic E-state index is 5.85. The molecular formula is C15H11N3. The number of nitrogens with one attached hydrogen (secondary N) is 1. The number of nitrogens with zero attached hydrogens (tertiary/aromatic N) is 1. The molecule has 0 radical (unpaired) electrons. The van der Waals surface area contributed by atoms with Crippen molar-refractivity contribution in [2.45, 2.75) is 0 Å². The topological polar surface area (TPSA) is 54.7 Å². The number of benzene rings is 2. The minimum Gasteiger partial charge on any atom is -0.399 e. The number of hydrogen-bond donors (Lipinski definition) is 2. The van der Waals surface area contributed by atoms with Crippen molar-refractivity contribution in [3.8, 4) is 0 Å². The number of anilines is 1. The van der Waals surface area contributed by atoms with Gasteiger partial charge in [0.15, 0.2) is 0 Å². The van der Waals surface area contributed by atoms with Crippen molar-refractivity contribution < 1.29 is 0 Å². The number of para-hydroxylation sites is 1. The Kier molecular flexibility index (Phi) is 1.70. The van der Waals surface area contributed by atoms with Crippen LogP contribution >= 0.6 is 0 Å². The smallest absolute Gasteiger partial charge is 0.0966 e. The fourth-order valence-corrected chi connectivity index (χ4v) is 2.43. The van der Waals surface area contributed by atoms with Crippen LogP contribution in [0.15, 0.2) is 48.5 Å². The Bertz CT molecular complexity index is 890. The fraction of sp³-hybridized carbons (Fsp3) is 0. The van der Waals surface area contributed by atoms with Crippen LogP contribution in [0, 0.1) is 0 Å². The van der Waals surface area contributed by atoms with E-state index < -0.39 is 0 Å². The van der Waals surface area contributed by atoms with Crippen molar-refractivity contribution in [2.75, 3.05) is 5.73 Å². The van der Waals surface area contributed by atoms with Gasteiger partial charge in [-0.2, -0.15) is 0 Å². The second-order valence-corrected chi connectivity index (χ2v) is 4.51. The molecule has 18 heavy (non-hydrogen) atoms. The van der Waals surface area contributed by atoms with Gasteiger partial charge in [-0.05, 0) is 30.3 Å². The molecule has 3 nitrogen and oxygen atoms in total. The third-order valence-electron chi connectivity index (χ3n) is 3.29. The molecule has 0 atom stereocenters. The van der Waals surface area contributed by atoms with E-state index in [1.54, 1.807) is 0 Å². The fourth-order valence-electron chi connectivity index (χ4n) is 2.43. The van der Waals surface area contributed by atoms with Crippen LogP contribution in [0.2, 0.25) is 0 Å². The SMILES string of the molecule is Nc1ccc2[nH]c3cc4ccccc4nc3c2c1. The molecule has 0 aliphatic heterocycles. The van der Waals surface area contributed by atoms with Crippen molar-refractivity contribution in [1.82, 2.24) is 9.97 Å². The van der Waals surface area contributed by atoms with Gasteiger partial charge >= 0.3 is 0 Å². The van der Waals surface area contributed by atoms with E-state index in [2.05, 4.69) is 17.1 Å². The largest absolute Gasteiger partial charge is 0.399 e. The molecule has 0 spiro atoms. The van der Waals surface area contributed by atoms with E-state index in [1.165, 1.54) is 0 Å². The standard InChI is InChI=1S/C15H11N3/c16-10-5-6-13-11(8-10)15-14(17-13)7-9-3-1-2-4-12(9)18-15/h1-8,17H,16H2.